The number of carbonyl (C=O) groups excluding carboxylic acids is 4. The molecule has 0 radical (unpaired) electrons. The third-order valence-corrected chi connectivity index (χ3v) is 11.7. The number of aliphatic hydroxyl groups is 1. The number of methoxy groups -OCH3 is 1. The molecule has 4 heterocycles. The van der Waals surface area contributed by atoms with Crippen LogP contribution in [0.15, 0.2) is 97.1 Å². The van der Waals surface area contributed by atoms with Crippen LogP contribution in [0.3, 0.4) is 0 Å². The topological polar surface area (TPSA) is 183 Å². The Hall–Kier alpha value is -7.54. The molecule has 0 spiro atoms. The molecule has 0 fully saturated rings. The van der Waals surface area contributed by atoms with Crippen molar-refractivity contribution in [3.63, 3.8) is 0 Å². The van der Waals surface area contributed by atoms with E-state index < -0.39 is 41.9 Å². The van der Waals surface area contributed by atoms with E-state index >= 15 is 0 Å². The van der Waals surface area contributed by atoms with Crippen LogP contribution in [-0.4, -0.2) is 131 Å². The Labute approximate surface area is 434 Å². The van der Waals surface area contributed by atoms with Crippen LogP contribution in [0.4, 0.5) is 38.0 Å². The molecule has 0 saturated carbocycles. The number of carbonyl (C=O) groups is 4. The minimum absolute atomic E-state index is 0.0114. The number of imidazole rings is 2. The molecule has 0 unspecified atom stereocenters. The predicted octanol–water partition coefficient (Wildman–Crippen LogP) is 8.81. The summed E-state index contributed by atoms with van der Waals surface area (Å²) in [6.07, 6.45) is -9.00. The maximum Gasteiger partial charge on any atom is 0.573 e. The first-order valence-electron chi connectivity index (χ1n) is 22.6. The fourth-order valence-electron chi connectivity index (χ4n) is 7.65. The number of ether oxygens (including phenoxy) is 5. The molecule has 0 atom stereocenters. The Balaban J connectivity index is 0.000000219. The smallest absolute Gasteiger partial charge is 0.425 e. The van der Waals surface area contributed by atoms with Gasteiger partial charge >= 0.3 is 24.7 Å². The molecule has 0 saturated heterocycles. The lowest BCUT2D eigenvalue weighted by Gasteiger charge is -2.21. The molecule has 2 aromatic heterocycles. The molecule has 0 bridgehead atoms. The van der Waals surface area contributed by atoms with Gasteiger partial charge in [0.1, 0.15) is 36.1 Å². The van der Waals surface area contributed by atoms with E-state index in [-0.39, 0.29) is 105 Å². The molecular weight excluding hydrogens is 1050 g/mol. The fourth-order valence-corrected chi connectivity index (χ4v) is 7.90. The number of aromatic nitrogens is 4. The summed E-state index contributed by atoms with van der Waals surface area (Å²) in [7, 11) is 4.50. The van der Waals surface area contributed by atoms with E-state index in [0.29, 0.717) is 23.1 Å². The Morgan fingerprint density at radius 1 is 0.587 bits per heavy atom. The van der Waals surface area contributed by atoms with Gasteiger partial charge in [0.15, 0.2) is 23.0 Å². The van der Waals surface area contributed by atoms with Crippen LogP contribution in [0.2, 0.25) is 10.0 Å². The van der Waals surface area contributed by atoms with Crippen LogP contribution in [0.5, 0.6) is 35.0 Å². The molecule has 398 valence electrons. The van der Waals surface area contributed by atoms with Crippen molar-refractivity contribution < 1.29 is 74.3 Å². The Kier molecular flexibility index (Phi) is 17.5. The number of hydrogen-bond donors (Lipinski definition) is 1. The first kappa shape index (κ1) is 55.2. The third-order valence-electron chi connectivity index (χ3n) is 11.2. The van der Waals surface area contributed by atoms with Gasteiger partial charge in [0.2, 0.25) is 11.8 Å². The van der Waals surface area contributed by atoms with Crippen molar-refractivity contribution in [1.29, 1.82) is 0 Å². The molecule has 75 heavy (non-hydrogen) atoms. The van der Waals surface area contributed by atoms with Crippen molar-refractivity contribution in [2.75, 3.05) is 70.4 Å². The van der Waals surface area contributed by atoms with E-state index in [4.69, 9.17) is 37.4 Å². The van der Waals surface area contributed by atoms with Crippen molar-refractivity contribution in [2.24, 2.45) is 0 Å². The molecule has 4 amide bonds. The highest BCUT2D eigenvalue weighted by Crippen LogP contribution is 2.37. The Bertz CT molecular complexity index is 3010. The molecule has 2 aliphatic heterocycles. The second-order valence-corrected chi connectivity index (χ2v) is 17.5. The molecular formula is C49H46Cl2F6N8O10. The number of nitrogens with zero attached hydrogens (tertiary/aromatic N) is 8. The van der Waals surface area contributed by atoms with Gasteiger partial charge in [-0.15, -0.1) is 26.3 Å². The van der Waals surface area contributed by atoms with Gasteiger partial charge in [0, 0.05) is 69.7 Å². The zero-order chi connectivity index (χ0) is 54.2. The second kappa shape index (κ2) is 23.8. The average Bonchev–Trinajstić information content (AvgIpc) is 3.83. The summed E-state index contributed by atoms with van der Waals surface area (Å²) in [6.45, 7) is 0.453. The predicted molar refractivity (Wildman–Crippen MR) is 259 cm³/mol. The lowest BCUT2D eigenvalue weighted by Crippen LogP contribution is -2.39. The number of aliphatic hydroxyl groups excluding tert-OH is 1. The van der Waals surface area contributed by atoms with E-state index in [1.165, 1.54) is 67.1 Å². The van der Waals surface area contributed by atoms with Gasteiger partial charge in [-0.1, -0.05) is 59.6 Å². The van der Waals surface area contributed by atoms with Crippen LogP contribution >= 0.6 is 23.2 Å². The standard InChI is InChI=1S/C25H24ClF3N4O5.C24H22ClF3N4O5/c1-31-20(34)15-32(11-4-12-36-2)23(35)21-22(31)30-24(33(21)14-16-7-9-17(26)10-8-16)37-18-5-3-6-19(13-18)38-25(27,28)29;1-30-19(34)14-31(10-3-11-33)22(35)20-21(30)29-23(32(20)13-15-6-8-16(25)9-7-15)36-17-4-2-5-18(12-17)37-24(26,27)28/h3,5-10,13H,4,11-12,14-15H2,1-2H3;2,4-9,12,33H,3,10-11,13-14H2,1H3. The number of likely N-dealkylation sites (N-methyl/N-ethyl adjacent to an activating group) is 2. The third kappa shape index (κ3) is 14.2. The first-order valence-corrected chi connectivity index (χ1v) is 23.4. The van der Waals surface area contributed by atoms with Crippen LogP contribution in [0.25, 0.3) is 0 Å². The van der Waals surface area contributed by atoms with Crippen molar-refractivity contribution in [1.82, 2.24) is 28.9 Å². The number of amides is 4. The number of hydrogen-bond acceptors (Lipinski definition) is 12. The molecule has 1 N–H and O–H groups in total. The molecule has 4 aromatic carbocycles. The van der Waals surface area contributed by atoms with Gasteiger partial charge in [-0.2, -0.15) is 9.97 Å². The largest absolute Gasteiger partial charge is 0.573 e. The quantitative estimate of drug-likeness (QED) is 0.0678. The van der Waals surface area contributed by atoms with E-state index in [9.17, 15) is 50.6 Å². The lowest BCUT2D eigenvalue weighted by atomic mass is 10.2. The van der Waals surface area contributed by atoms with E-state index in [1.807, 2.05) is 0 Å². The zero-order valence-corrected chi connectivity index (χ0v) is 41.5. The Morgan fingerprint density at radius 2 is 0.973 bits per heavy atom. The number of anilines is 2. The summed E-state index contributed by atoms with van der Waals surface area (Å²) in [5.74, 6) is -2.65. The molecule has 18 nitrogen and oxygen atoms in total. The summed E-state index contributed by atoms with van der Waals surface area (Å²) in [6, 6.07) is 23.2. The molecule has 0 aliphatic carbocycles. The summed E-state index contributed by atoms with van der Waals surface area (Å²) >= 11 is 12.0. The van der Waals surface area contributed by atoms with Crippen LogP contribution < -0.4 is 28.7 Å². The second-order valence-electron chi connectivity index (χ2n) is 16.6. The zero-order valence-electron chi connectivity index (χ0n) is 40.0. The van der Waals surface area contributed by atoms with Gasteiger partial charge in [0.25, 0.3) is 11.8 Å². The monoisotopic (exact) mass is 1090 g/mol. The highest BCUT2D eigenvalue weighted by atomic mass is 35.5. The number of halogens is 8. The Morgan fingerprint density at radius 3 is 1.35 bits per heavy atom. The van der Waals surface area contributed by atoms with E-state index in [2.05, 4.69) is 19.4 Å². The molecule has 26 heteroatoms. The summed E-state index contributed by atoms with van der Waals surface area (Å²) in [5.41, 5.74) is 1.62. The van der Waals surface area contributed by atoms with Crippen molar-refractivity contribution in [3.8, 4) is 35.0 Å². The lowest BCUT2D eigenvalue weighted by molar-refractivity contribution is -0.275. The maximum atomic E-state index is 13.7. The minimum atomic E-state index is -4.89. The maximum absolute atomic E-state index is 13.7. The van der Waals surface area contributed by atoms with Crippen LogP contribution in [0, 0.1) is 0 Å². The molecule has 2 aliphatic rings. The number of rotatable bonds is 17. The highest BCUT2D eigenvalue weighted by Gasteiger charge is 2.39. The fraction of sp³-hybridized carbons (Fsp3) is 0.306. The normalized spacial score (nSPS) is 14.0. The van der Waals surface area contributed by atoms with Crippen LogP contribution in [-0.2, 0) is 27.4 Å². The van der Waals surface area contributed by atoms with Crippen molar-refractivity contribution in [3.05, 3.63) is 130 Å². The van der Waals surface area contributed by atoms with E-state index in [1.54, 1.807) is 55.6 Å². The van der Waals surface area contributed by atoms with Gasteiger partial charge in [-0.3, -0.25) is 38.1 Å². The van der Waals surface area contributed by atoms with Gasteiger partial charge in [0.05, 0.1) is 13.1 Å². The van der Waals surface area contributed by atoms with Crippen molar-refractivity contribution in [2.45, 2.75) is 38.7 Å². The number of alkyl halides is 6. The molecule has 8 rings (SSSR count). The summed E-state index contributed by atoms with van der Waals surface area (Å²) < 4.78 is 104. The molecule has 6 aromatic rings. The summed E-state index contributed by atoms with van der Waals surface area (Å²) in [5, 5.41) is 10.3. The van der Waals surface area contributed by atoms with Crippen molar-refractivity contribution >= 4 is 58.5 Å². The average molecular weight is 1090 g/mol. The number of benzene rings is 4. The first-order chi connectivity index (χ1) is 35.6. The number of fused-ring (bicyclic) bond motifs is 2. The van der Waals surface area contributed by atoms with Gasteiger partial charge in [-0.25, -0.2) is 0 Å². The van der Waals surface area contributed by atoms with Gasteiger partial charge in [-0.05, 0) is 72.5 Å². The minimum Gasteiger partial charge on any atom is -0.425 e. The SMILES string of the molecule is CN1C(=O)CN(CCCO)C(=O)c2c1nc(Oc1cccc(OC(F)(F)F)c1)n2Cc1ccc(Cl)cc1.COCCCN1CC(=O)N(C)c2nc(Oc3cccc(OC(F)(F)F)c3)n(Cc3ccc(Cl)cc3)c2C1=O. The van der Waals surface area contributed by atoms with Crippen LogP contribution in [0.1, 0.15) is 44.9 Å². The highest BCUT2D eigenvalue weighted by molar-refractivity contribution is 6.30. The van der Waals surface area contributed by atoms with E-state index in [0.717, 1.165) is 35.4 Å². The van der Waals surface area contributed by atoms with Gasteiger partial charge < -0.3 is 38.6 Å². The summed E-state index contributed by atoms with van der Waals surface area (Å²) in [4.78, 5) is 66.9.